The summed E-state index contributed by atoms with van der Waals surface area (Å²) in [6, 6.07) is 19.4. The van der Waals surface area contributed by atoms with Gasteiger partial charge in [-0.15, -0.1) is 0 Å². The predicted octanol–water partition coefficient (Wildman–Crippen LogP) is 7.77. The van der Waals surface area contributed by atoms with Crippen LogP contribution in [0.25, 0.3) is 11.3 Å². The van der Waals surface area contributed by atoms with Crippen molar-refractivity contribution in [3.63, 3.8) is 0 Å². The predicted molar refractivity (Wildman–Crippen MR) is 143 cm³/mol. The fraction of sp³-hybridized carbons (Fsp3) is 0.393. The first kappa shape index (κ1) is 30.2. The van der Waals surface area contributed by atoms with Crippen molar-refractivity contribution in [3.8, 4) is 11.3 Å². The lowest BCUT2D eigenvalue weighted by atomic mass is 10.1. The Labute approximate surface area is 218 Å². The summed E-state index contributed by atoms with van der Waals surface area (Å²) < 4.78 is 41.6. The number of hydrogen-bond donors (Lipinski definition) is 1. The topological polar surface area (TPSA) is 64.1 Å². The Kier molecular flexibility index (Phi) is 11.0. The summed E-state index contributed by atoms with van der Waals surface area (Å²) in [6.07, 6.45) is -2.84. The smallest absolute Gasteiger partial charge is 0.409 e. The van der Waals surface area contributed by atoms with Gasteiger partial charge in [0.1, 0.15) is 0 Å². The van der Waals surface area contributed by atoms with Gasteiger partial charge in [0.25, 0.3) is 5.91 Å². The number of carbonyl (C=O) groups excluding carboxylic acids is 1. The molecule has 0 saturated heterocycles. The Morgan fingerprint density at radius 1 is 0.865 bits per heavy atom. The monoisotopic (exact) mass is 531 g/mol. The van der Waals surface area contributed by atoms with Crippen molar-refractivity contribution in [1.29, 1.82) is 0 Å². The summed E-state index contributed by atoms with van der Waals surface area (Å²) >= 11 is 0. The van der Waals surface area contributed by atoms with Crippen LogP contribution in [-0.4, -0.2) is 30.5 Å². The van der Waals surface area contributed by atoms with Crippen LogP contribution in [0, 0.1) is 0 Å². The fourth-order valence-corrected chi connectivity index (χ4v) is 10.1. The van der Waals surface area contributed by atoms with Crippen LogP contribution < -0.4 is 5.32 Å². The van der Waals surface area contributed by atoms with E-state index in [0.717, 1.165) is 22.4 Å². The molecule has 1 amide bonds. The number of hydrogen-bond acceptors (Lipinski definition) is 4. The van der Waals surface area contributed by atoms with Crippen molar-refractivity contribution < 1.29 is 22.4 Å². The highest BCUT2D eigenvalue weighted by Gasteiger charge is 2.45. The summed E-state index contributed by atoms with van der Waals surface area (Å²) in [5.74, 6) is -0.372. The number of benzene rings is 2. The first-order valence-electron chi connectivity index (χ1n) is 12.3. The number of nitrogens with one attached hydrogen (secondary N) is 1. The molecule has 0 aliphatic rings. The van der Waals surface area contributed by atoms with E-state index in [-0.39, 0.29) is 5.56 Å². The summed E-state index contributed by atoms with van der Waals surface area (Å²) in [5, 5.41) is 0.896. The van der Waals surface area contributed by atoms with E-state index in [1.165, 1.54) is 24.3 Å². The van der Waals surface area contributed by atoms with Gasteiger partial charge in [0.15, 0.2) is 5.82 Å². The van der Waals surface area contributed by atoms with Gasteiger partial charge in [-0.2, -0.15) is 13.2 Å². The Morgan fingerprint density at radius 2 is 1.38 bits per heavy atom. The summed E-state index contributed by atoms with van der Waals surface area (Å²) in [6.45, 7) is 14.3. The first-order valence-corrected chi connectivity index (χ1v) is 14.5. The van der Waals surface area contributed by atoms with E-state index in [0.29, 0.717) is 23.2 Å². The molecule has 0 spiro atoms. The van der Waals surface area contributed by atoms with Gasteiger partial charge in [0, 0.05) is 17.3 Å². The molecule has 2 aromatic carbocycles. The molecular formula is C28H36F3N3O2Si. The van der Waals surface area contributed by atoms with Crippen molar-refractivity contribution >= 4 is 14.2 Å². The molecule has 1 heterocycles. The maximum absolute atomic E-state index is 11.7. The number of halogens is 3. The molecule has 0 aliphatic carbocycles. The quantitative estimate of drug-likeness (QED) is 0.238. The standard InChI is InChI=1S/C20H30N2OSi.C8H6F3NO/c1-15(2)24(16(3)4,17(5)6)23-14-20-21-13-12-19(22-20)18-10-8-7-9-11-18;9-8(10,11)12-7(13)6-4-2-1-3-5-6/h7-13,15-17H,14H2,1-6H3;1-5H,(H,12,13). The second kappa shape index (κ2) is 13.5. The van der Waals surface area contributed by atoms with Gasteiger partial charge in [-0.3, -0.25) is 10.1 Å². The lowest BCUT2D eigenvalue weighted by Gasteiger charge is -2.41. The van der Waals surface area contributed by atoms with Gasteiger partial charge >= 0.3 is 6.30 Å². The molecule has 9 heteroatoms. The van der Waals surface area contributed by atoms with Crippen molar-refractivity contribution in [1.82, 2.24) is 15.3 Å². The van der Waals surface area contributed by atoms with Gasteiger partial charge in [-0.25, -0.2) is 9.97 Å². The number of rotatable bonds is 8. The molecule has 0 bridgehead atoms. The van der Waals surface area contributed by atoms with Crippen molar-refractivity contribution in [2.45, 2.75) is 71.1 Å². The number of alkyl halides is 3. The van der Waals surface area contributed by atoms with Gasteiger partial charge < -0.3 is 4.43 Å². The SMILES string of the molecule is CC(C)[Si](OCc1nccc(-c2ccccc2)n1)(C(C)C)C(C)C.O=C(NC(F)(F)F)c1ccccc1. The van der Waals surface area contributed by atoms with Crippen LogP contribution in [0.15, 0.2) is 72.9 Å². The van der Waals surface area contributed by atoms with Crippen LogP contribution in [0.1, 0.15) is 57.7 Å². The highest BCUT2D eigenvalue weighted by atomic mass is 28.4. The highest BCUT2D eigenvalue weighted by molar-refractivity contribution is 6.77. The second-order valence-corrected chi connectivity index (χ2v) is 15.1. The summed E-state index contributed by atoms with van der Waals surface area (Å²) in [5.41, 5.74) is 3.75. The van der Waals surface area contributed by atoms with E-state index < -0.39 is 20.5 Å². The van der Waals surface area contributed by atoms with Gasteiger partial charge in [0.2, 0.25) is 8.32 Å². The van der Waals surface area contributed by atoms with E-state index in [4.69, 9.17) is 9.41 Å². The summed E-state index contributed by atoms with van der Waals surface area (Å²) in [7, 11) is -1.89. The van der Waals surface area contributed by atoms with Crippen molar-refractivity contribution in [2.24, 2.45) is 0 Å². The van der Waals surface area contributed by atoms with Crippen LogP contribution >= 0.6 is 0 Å². The van der Waals surface area contributed by atoms with E-state index in [1.54, 1.807) is 6.07 Å². The lowest BCUT2D eigenvalue weighted by Crippen LogP contribution is -2.47. The molecule has 37 heavy (non-hydrogen) atoms. The normalized spacial score (nSPS) is 11.9. The van der Waals surface area contributed by atoms with Gasteiger partial charge in [-0.05, 0) is 34.8 Å². The molecular weight excluding hydrogens is 495 g/mol. The van der Waals surface area contributed by atoms with Crippen molar-refractivity contribution in [3.05, 3.63) is 84.3 Å². The van der Waals surface area contributed by atoms with E-state index in [9.17, 15) is 18.0 Å². The minimum Gasteiger partial charge on any atom is -0.409 e. The third-order valence-electron chi connectivity index (χ3n) is 6.22. The first-order chi connectivity index (χ1) is 17.4. The second-order valence-electron chi connectivity index (χ2n) is 9.65. The molecule has 0 saturated carbocycles. The Hall–Kier alpha value is -3.04. The average molecular weight is 532 g/mol. The third-order valence-corrected chi connectivity index (χ3v) is 12.3. The Balaban J connectivity index is 0.000000312. The zero-order valence-corrected chi connectivity index (χ0v) is 23.2. The maximum atomic E-state index is 11.7. The molecule has 3 rings (SSSR count). The molecule has 0 unspecified atom stereocenters. The van der Waals surface area contributed by atoms with E-state index in [1.807, 2.05) is 30.5 Å². The minimum absolute atomic E-state index is 0.0141. The van der Waals surface area contributed by atoms with Crippen LogP contribution in [0.2, 0.25) is 16.6 Å². The molecule has 0 atom stereocenters. The highest BCUT2D eigenvalue weighted by Crippen LogP contribution is 2.42. The van der Waals surface area contributed by atoms with Crippen LogP contribution in [0.5, 0.6) is 0 Å². The molecule has 0 fully saturated rings. The van der Waals surface area contributed by atoms with Gasteiger partial charge in [0.05, 0.1) is 12.3 Å². The largest absolute Gasteiger partial charge is 0.484 e. The Bertz CT molecular complexity index is 1090. The van der Waals surface area contributed by atoms with Crippen molar-refractivity contribution in [2.75, 3.05) is 0 Å². The average Bonchev–Trinajstić information content (AvgIpc) is 2.84. The summed E-state index contributed by atoms with van der Waals surface area (Å²) in [4.78, 5) is 20.0. The molecule has 1 aromatic heterocycles. The zero-order valence-electron chi connectivity index (χ0n) is 22.2. The van der Waals surface area contributed by atoms with Gasteiger partial charge in [-0.1, -0.05) is 90.1 Å². The number of aromatic nitrogens is 2. The minimum atomic E-state index is -4.67. The van der Waals surface area contributed by atoms with Crippen LogP contribution in [0.4, 0.5) is 13.2 Å². The number of amides is 1. The molecule has 3 aromatic rings. The van der Waals surface area contributed by atoms with Crippen LogP contribution in [-0.2, 0) is 11.0 Å². The van der Waals surface area contributed by atoms with E-state index >= 15 is 0 Å². The fourth-order valence-electron chi connectivity index (χ4n) is 4.72. The maximum Gasteiger partial charge on any atom is 0.484 e. The Morgan fingerprint density at radius 3 is 1.86 bits per heavy atom. The van der Waals surface area contributed by atoms with E-state index in [2.05, 4.69) is 58.7 Å². The lowest BCUT2D eigenvalue weighted by molar-refractivity contribution is -0.146. The third kappa shape index (κ3) is 8.79. The zero-order chi connectivity index (χ0) is 27.6. The molecule has 0 aliphatic heterocycles. The number of nitrogens with zero attached hydrogens (tertiary/aromatic N) is 2. The number of carbonyl (C=O) groups is 1. The van der Waals surface area contributed by atoms with Crippen LogP contribution in [0.3, 0.4) is 0 Å². The molecule has 200 valence electrons. The molecule has 5 nitrogen and oxygen atoms in total. The molecule has 1 N–H and O–H groups in total. The molecule has 0 radical (unpaired) electrons.